The lowest BCUT2D eigenvalue weighted by molar-refractivity contribution is 0.114. The summed E-state index contributed by atoms with van der Waals surface area (Å²) in [7, 11) is 2.08. The number of hydrogen-bond donors (Lipinski definition) is 1. The second kappa shape index (κ2) is 5.28. The maximum atomic E-state index is 4.73. The predicted molar refractivity (Wildman–Crippen MR) is 80.4 cm³/mol. The molecule has 1 heterocycles. The lowest BCUT2D eigenvalue weighted by atomic mass is 9.69. The Morgan fingerprint density at radius 2 is 1.95 bits per heavy atom. The highest BCUT2D eigenvalue weighted by Gasteiger charge is 2.36. The first-order valence-electron chi connectivity index (χ1n) is 7.53. The minimum atomic E-state index is 0.396. The first-order chi connectivity index (χ1) is 8.82. The van der Waals surface area contributed by atoms with E-state index in [-0.39, 0.29) is 0 Å². The van der Waals surface area contributed by atoms with Gasteiger partial charge in [-0.25, -0.2) is 0 Å². The highest BCUT2D eigenvalue weighted by molar-refractivity contribution is 5.09. The van der Waals surface area contributed by atoms with Crippen LogP contribution in [0.5, 0.6) is 0 Å². The molecule has 1 aromatic rings. The maximum absolute atomic E-state index is 4.73. The Hall–Kier alpha value is -0.830. The van der Waals surface area contributed by atoms with Gasteiger partial charge in [0.15, 0.2) is 0 Å². The standard InChI is InChI=1S/C16H29N3/c1-11-9-12(2)19(18-11)15-10-13(16(3,4)5)7-8-14(15)17-6/h9,13-15,17H,7-8,10H2,1-6H3. The van der Waals surface area contributed by atoms with E-state index < -0.39 is 0 Å². The summed E-state index contributed by atoms with van der Waals surface area (Å²) in [6.45, 7) is 11.4. The van der Waals surface area contributed by atoms with Crippen molar-refractivity contribution in [1.82, 2.24) is 15.1 Å². The molecule has 1 aliphatic rings. The SMILES string of the molecule is CNC1CCC(C(C)(C)C)CC1n1nc(C)cc1C. The van der Waals surface area contributed by atoms with E-state index in [9.17, 15) is 0 Å². The summed E-state index contributed by atoms with van der Waals surface area (Å²) in [5.41, 5.74) is 2.81. The van der Waals surface area contributed by atoms with E-state index in [1.165, 1.54) is 25.0 Å². The zero-order chi connectivity index (χ0) is 14.2. The van der Waals surface area contributed by atoms with Gasteiger partial charge in [0.1, 0.15) is 0 Å². The van der Waals surface area contributed by atoms with Crippen LogP contribution < -0.4 is 5.32 Å². The third-order valence-corrected chi connectivity index (χ3v) is 4.77. The van der Waals surface area contributed by atoms with Crippen molar-refractivity contribution in [2.24, 2.45) is 11.3 Å². The van der Waals surface area contributed by atoms with Gasteiger partial charge in [0.25, 0.3) is 0 Å². The van der Waals surface area contributed by atoms with Crippen LogP contribution in [0.3, 0.4) is 0 Å². The molecule has 1 fully saturated rings. The molecule has 0 saturated heterocycles. The molecule has 1 aliphatic carbocycles. The van der Waals surface area contributed by atoms with E-state index in [0.717, 1.165) is 11.6 Å². The van der Waals surface area contributed by atoms with E-state index in [1.807, 2.05) is 0 Å². The zero-order valence-electron chi connectivity index (χ0n) is 13.3. The Kier molecular flexibility index (Phi) is 4.05. The lowest BCUT2D eigenvalue weighted by Crippen LogP contribution is -2.43. The van der Waals surface area contributed by atoms with Gasteiger partial charge in [0, 0.05) is 11.7 Å². The third-order valence-electron chi connectivity index (χ3n) is 4.77. The predicted octanol–water partition coefficient (Wildman–Crippen LogP) is 3.48. The molecule has 19 heavy (non-hydrogen) atoms. The van der Waals surface area contributed by atoms with Crippen LogP contribution in [0.15, 0.2) is 6.07 Å². The highest BCUT2D eigenvalue weighted by atomic mass is 15.3. The van der Waals surface area contributed by atoms with Gasteiger partial charge in [-0.1, -0.05) is 20.8 Å². The summed E-state index contributed by atoms with van der Waals surface area (Å²) in [5.74, 6) is 0.783. The molecular formula is C16H29N3. The minimum absolute atomic E-state index is 0.396. The van der Waals surface area contributed by atoms with Crippen LogP contribution in [0.25, 0.3) is 0 Å². The molecule has 0 amide bonds. The van der Waals surface area contributed by atoms with Gasteiger partial charge in [-0.05, 0) is 57.6 Å². The Morgan fingerprint density at radius 3 is 2.42 bits per heavy atom. The lowest BCUT2D eigenvalue weighted by Gasteiger charge is -2.42. The molecule has 0 aromatic carbocycles. The minimum Gasteiger partial charge on any atom is -0.315 e. The average molecular weight is 263 g/mol. The molecule has 0 aliphatic heterocycles. The molecule has 0 bridgehead atoms. The monoisotopic (exact) mass is 263 g/mol. The molecule has 3 heteroatoms. The van der Waals surface area contributed by atoms with Crippen molar-refractivity contribution in [3.05, 3.63) is 17.5 Å². The van der Waals surface area contributed by atoms with E-state index >= 15 is 0 Å². The highest BCUT2D eigenvalue weighted by Crippen LogP contribution is 2.42. The fourth-order valence-electron chi connectivity index (χ4n) is 3.52. The first-order valence-corrected chi connectivity index (χ1v) is 7.53. The number of nitrogens with zero attached hydrogens (tertiary/aromatic N) is 2. The van der Waals surface area contributed by atoms with Gasteiger partial charge in [0.2, 0.25) is 0 Å². The van der Waals surface area contributed by atoms with Gasteiger partial charge in [-0.3, -0.25) is 4.68 Å². The molecule has 108 valence electrons. The summed E-state index contributed by atoms with van der Waals surface area (Å²) < 4.78 is 2.26. The fourth-order valence-corrected chi connectivity index (χ4v) is 3.52. The van der Waals surface area contributed by atoms with Crippen LogP contribution in [-0.4, -0.2) is 22.9 Å². The van der Waals surface area contributed by atoms with Crippen molar-refractivity contribution in [3.8, 4) is 0 Å². The van der Waals surface area contributed by atoms with Crippen LogP contribution >= 0.6 is 0 Å². The molecule has 3 atom stereocenters. The van der Waals surface area contributed by atoms with Gasteiger partial charge >= 0.3 is 0 Å². The van der Waals surface area contributed by atoms with Gasteiger partial charge < -0.3 is 5.32 Å². The van der Waals surface area contributed by atoms with Crippen molar-refractivity contribution < 1.29 is 0 Å². The molecule has 1 N–H and O–H groups in total. The summed E-state index contributed by atoms with van der Waals surface area (Å²) in [6, 6.07) is 3.24. The molecule has 1 aromatic heterocycles. The second-order valence-electron chi connectivity index (χ2n) is 7.21. The van der Waals surface area contributed by atoms with Crippen molar-refractivity contribution in [2.75, 3.05) is 7.05 Å². The molecule has 2 rings (SSSR count). The molecular weight excluding hydrogens is 234 g/mol. The summed E-state index contributed by atoms with van der Waals surface area (Å²) in [5, 5.41) is 8.23. The van der Waals surface area contributed by atoms with E-state index in [0.29, 0.717) is 17.5 Å². The van der Waals surface area contributed by atoms with Crippen LogP contribution in [0.1, 0.15) is 57.5 Å². The topological polar surface area (TPSA) is 29.9 Å². The third kappa shape index (κ3) is 3.02. The molecule has 0 radical (unpaired) electrons. The van der Waals surface area contributed by atoms with E-state index in [1.54, 1.807) is 0 Å². The van der Waals surface area contributed by atoms with E-state index in [4.69, 9.17) is 5.10 Å². The number of nitrogens with one attached hydrogen (secondary N) is 1. The Balaban J connectivity index is 2.26. The van der Waals surface area contributed by atoms with Crippen molar-refractivity contribution in [2.45, 2.75) is 66.0 Å². The smallest absolute Gasteiger partial charge is 0.0678 e. The maximum Gasteiger partial charge on any atom is 0.0678 e. The van der Waals surface area contributed by atoms with Crippen molar-refractivity contribution in [1.29, 1.82) is 0 Å². The zero-order valence-corrected chi connectivity index (χ0v) is 13.3. The normalized spacial score (nSPS) is 28.6. The Bertz CT molecular complexity index is 428. The number of aromatic nitrogens is 2. The number of hydrogen-bond acceptors (Lipinski definition) is 2. The number of aryl methyl sites for hydroxylation is 2. The molecule has 1 saturated carbocycles. The largest absolute Gasteiger partial charge is 0.315 e. The van der Waals surface area contributed by atoms with Crippen molar-refractivity contribution in [3.63, 3.8) is 0 Å². The van der Waals surface area contributed by atoms with Crippen molar-refractivity contribution >= 4 is 0 Å². The first kappa shape index (κ1) is 14.6. The molecule has 0 spiro atoms. The molecule has 3 nitrogen and oxygen atoms in total. The van der Waals surface area contributed by atoms with Crippen LogP contribution in [0, 0.1) is 25.2 Å². The Labute approximate surface area is 117 Å². The van der Waals surface area contributed by atoms with Crippen LogP contribution in [-0.2, 0) is 0 Å². The van der Waals surface area contributed by atoms with Gasteiger partial charge in [-0.2, -0.15) is 5.10 Å². The van der Waals surface area contributed by atoms with Crippen LogP contribution in [0.2, 0.25) is 0 Å². The summed E-state index contributed by atoms with van der Waals surface area (Å²) in [4.78, 5) is 0. The number of rotatable bonds is 2. The van der Waals surface area contributed by atoms with Gasteiger partial charge in [-0.15, -0.1) is 0 Å². The fraction of sp³-hybridized carbons (Fsp3) is 0.812. The number of likely N-dealkylation sites (N-methyl/N-ethyl adjacent to an activating group) is 1. The summed E-state index contributed by atoms with van der Waals surface area (Å²) >= 11 is 0. The van der Waals surface area contributed by atoms with Crippen LogP contribution in [0.4, 0.5) is 0 Å². The summed E-state index contributed by atoms with van der Waals surface area (Å²) in [6.07, 6.45) is 3.81. The Morgan fingerprint density at radius 1 is 1.26 bits per heavy atom. The van der Waals surface area contributed by atoms with E-state index in [2.05, 4.69) is 57.7 Å². The quantitative estimate of drug-likeness (QED) is 0.885. The molecule has 3 unspecified atom stereocenters. The second-order valence-corrected chi connectivity index (χ2v) is 7.21. The van der Waals surface area contributed by atoms with Gasteiger partial charge in [0.05, 0.1) is 11.7 Å². The average Bonchev–Trinajstić information content (AvgIpc) is 2.66.